The van der Waals surface area contributed by atoms with Crippen molar-refractivity contribution >= 4 is 6.03 Å². The van der Waals surface area contributed by atoms with Crippen molar-refractivity contribution < 1.29 is 4.79 Å². The number of hydrogen-bond donors (Lipinski definition) is 1. The van der Waals surface area contributed by atoms with E-state index in [1.165, 1.54) is 0 Å². The minimum absolute atomic E-state index is 0.392. The summed E-state index contributed by atoms with van der Waals surface area (Å²) in [5.41, 5.74) is 10.4. The third-order valence-electron chi connectivity index (χ3n) is 3.81. The zero-order chi connectivity index (χ0) is 14.3. The van der Waals surface area contributed by atoms with Crippen molar-refractivity contribution in [2.75, 3.05) is 6.54 Å². The zero-order valence-electron chi connectivity index (χ0n) is 11.6. The Morgan fingerprint density at radius 3 is 2.80 bits per heavy atom. The number of aryl methyl sites for hydroxylation is 2. The van der Waals surface area contributed by atoms with Gasteiger partial charge in [-0.05, 0) is 25.5 Å². The van der Waals surface area contributed by atoms with Gasteiger partial charge in [0.1, 0.15) is 0 Å². The molecule has 2 amide bonds. The summed E-state index contributed by atoms with van der Waals surface area (Å²) >= 11 is 0. The van der Waals surface area contributed by atoms with Crippen LogP contribution in [0.4, 0.5) is 4.79 Å². The molecule has 0 spiro atoms. The first kappa shape index (κ1) is 12.7. The maximum atomic E-state index is 11.3. The molecular weight excluding hydrogens is 254 g/mol. The fourth-order valence-corrected chi connectivity index (χ4v) is 2.43. The van der Waals surface area contributed by atoms with Crippen LogP contribution in [0, 0.1) is 13.8 Å². The van der Waals surface area contributed by atoms with Crippen LogP contribution in [0.2, 0.25) is 0 Å². The van der Waals surface area contributed by atoms with E-state index < -0.39 is 6.03 Å². The van der Waals surface area contributed by atoms with Gasteiger partial charge in [0.05, 0.1) is 30.7 Å². The molecular formula is C14H17N5O. The summed E-state index contributed by atoms with van der Waals surface area (Å²) in [6.45, 7) is 5.78. The van der Waals surface area contributed by atoms with Gasteiger partial charge < -0.3 is 10.6 Å². The number of nitrogens with zero attached hydrogens (tertiary/aromatic N) is 4. The van der Waals surface area contributed by atoms with Gasteiger partial charge in [-0.15, -0.1) is 0 Å². The number of carbonyl (C=O) groups is 1. The van der Waals surface area contributed by atoms with Gasteiger partial charge >= 0.3 is 6.03 Å². The summed E-state index contributed by atoms with van der Waals surface area (Å²) in [6, 6.07) is 3.65. The molecule has 0 aromatic carbocycles. The number of primary amides is 1. The van der Waals surface area contributed by atoms with Crippen LogP contribution < -0.4 is 5.73 Å². The largest absolute Gasteiger partial charge is 0.351 e. The Bertz CT molecular complexity index is 676. The number of rotatable bonds is 1. The highest BCUT2D eigenvalue weighted by Crippen LogP contribution is 2.26. The van der Waals surface area contributed by atoms with Crippen LogP contribution in [0.15, 0.2) is 18.3 Å². The van der Waals surface area contributed by atoms with E-state index in [4.69, 9.17) is 5.73 Å². The van der Waals surface area contributed by atoms with Gasteiger partial charge in [-0.2, -0.15) is 5.10 Å². The van der Waals surface area contributed by atoms with Gasteiger partial charge in [0, 0.05) is 17.8 Å². The van der Waals surface area contributed by atoms with Gasteiger partial charge in [0.2, 0.25) is 0 Å². The molecule has 0 unspecified atom stereocenters. The molecule has 1 aliphatic rings. The van der Waals surface area contributed by atoms with Gasteiger partial charge in [-0.3, -0.25) is 9.67 Å². The lowest BCUT2D eigenvalue weighted by atomic mass is 10.1. The minimum atomic E-state index is -0.392. The fraction of sp³-hybridized carbons (Fsp3) is 0.357. The summed E-state index contributed by atoms with van der Waals surface area (Å²) in [5, 5.41) is 4.38. The molecule has 0 atom stereocenters. The van der Waals surface area contributed by atoms with Crippen LogP contribution >= 0.6 is 0 Å². The first-order valence-electron chi connectivity index (χ1n) is 6.60. The molecule has 0 fully saturated rings. The van der Waals surface area contributed by atoms with Crippen LogP contribution in [-0.2, 0) is 13.1 Å². The van der Waals surface area contributed by atoms with Crippen molar-refractivity contribution in [1.82, 2.24) is 19.7 Å². The van der Waals surface area contributed by atoms with Gasteiger partial charge in [-0.25, -0.2) is 4.79 Å². The molecule has 0 saturated carbocycles. The Balaban J connectivity index is 2.02. The summed E-state index contributed by atoms with van der Waals surface area (Å²) in [7, 11) is 0. The summed E-state index contributed by atoms with van der Waals surface area (Å²) in [5.74, 6) is 0. The van der Waals surface area contributed by atoms with Crippen molar-refractivity contribution in [2.45, 2.75) is 26.9 Å². The normalized spacial score (nSPS) is 14.2. The summed E-state index contributed by atoms with van der Waals surface area (Å²) in [4.78, 5) is 17.6. The fourth-order valence-electron chi connectivity index (χ4n) is 2.43. The minimum Gasteiger partial charge on any atom is -0.351 e. The second-order valence-corrected chi connectivity index (χ2v) is 5.09. The molecule has 1 aliphatic heterocycles. The molecule has 2 aromatic heterocycles. The van der Waals surface area contributed by atoms with Crippen molar-refractivity contribution in [1.29, 1.82) is 0 Å². The van der Waals surface area contributed by atoms with Crippen LogP contribution in [0.3, 0.4) is 0 Å². The summed E-state index contributed by atoms with van der Waals surface area (Å²) in [6.07, 6.45) is 1.82. The molecule has 6 nitrogen and oxygen atoms in total. The number of urea groups is 1. The lowest BCUT2D eigenvalue weighted by Crippen LogP contribution is -2.41. The van der Waals surface area contributed by atoms with E-state index in [1.807, 2.05) is 30.8 Å². The second kappa shape index (κ2) is 4.63. The van der Waals surface area contributed by atoms with E-state index in [9.17, 15) is 4.79 Å². The van der Waals surface area contributed by atoms with Crippen LogP contribution in [-0.4, -0.2) is 32.2 Å². The lowest BCUT2D eigenvalue weighted by Gasteiger charge is -2.26. The van der Waals surface area contributed by atoms with Gasteiger partial charge in [-0.1, -0.05) is 6.07 Å². The van der Waals surface area contributed by atoms with E-state index in [1.54, 1.807) is 4.90 Å². The van der Waals surface area contributed by atoms with Crippen LogP contribution in [0.1, 0.15) is 17.0 Å². The zero-order valence-corrected chi connectivity index (χ0v) is 11.6. The highest BCUT2D eigenvalue weighted by molar-refractivity contribution is 5.73. The molecule has 2 aromatic rings. The topological polar surface area (TPSA) is 77.0 Å². The van der Waals surface area contributed by atoms with Crippen molar-refractivity contribution in [2.24, 2.45) is 5.73 Å². The lowest BCUT2D eigenvalue weighted by molar-refractivity contribution is 0.190. The van der Waals surface area contributed by atoms with E-state index in [0.717, 1.165) is 28.2 Å². The average Bonchev–Trinajstić information content (AvgIpc) is 2.84. The Hall–Kier alpha value is -2.37. The maximum absolute atomic E-state index is 11.3. The third kappa shape index (κ3) is 2.03. The number of aromatic nitrogens is 3. The first-order chi connectivity index (χ1) is 9.56. The Labute approximate surface area is 117 Å². The van der Waals surface area contributed by atoms with Crippen LogP contribution in [0.5, 0.6) is 0 Å². The average molecular weight is 271 g/mol. The molecule has 0 aliphatic carbocycles. The first-order valence-corrected chi connectivity index (χ1v) is 6.60. The van der Waals surface area contributed by atoms with E-state index in [2.05, 4.69) is 16.1 Å². The number of nitrogens with two attached hydrogens (primary N) is 1. The molecule has 0 saturated heterocycles. The standard InChI is InChI=1S/C14H17N5O/c1-9-3-4-12(17-10(9)2)11-7-16-19-6-5-18(14(15)20)8-13(11)19/h3-4,7H,5-6,8H2,1-2H3,(H2,15,20). The SMILES string of the molecule is Cc1ccc(-c2cnn3c2CN(C(N)=O)CC3)nc1C. The van der Waals surface area contributed by atoms with Crippen LogP contribution in [0.25, 0.3) is 11.3 Å². The van der Waals surface area contributed by atoms with Gasteiger partial charge in [0.25, 0.3) is 0 Å². The van der Waals surface area contributed by atoms with Crippen molar-refractivity contribution in [3.8, 4) is 11.3 Å². The predicted octanol–water partition coefficient (Wildman–Crippen LogP) is 1.46. The quantitative estimate of drug-likeness (QED) is 0.853. The number of fused-ring (bicyclic) bond motifs is 1. The number of hydrogen-bond acceptors (Lipinski definition) is 3. The third-order valence-corrected chi connectivity index (χ3v) is 3.81. The number of pyridine rings is 1. The van der Waals surface area contributed by atoms with Crippen molar-refractivity contribution in [3.05, 3.63) is 35.3 Å². The molecule has 3 heterocycles. The van der Waals surface area contributed by atoms with Gasteiger partial charge in [0.15, 0.2) is 0 Å². The molecule has 2 N–H and O–H groups in total. The second-order valence-electron chi connectivity index (χ2n) is 5.09. The predicted molar refractivity (Wildman–Crippen MR) is 74.9 cm³/mol. The number of amides is 2. The maximum Gasteiger partial charge on any atom is 0.315 e. The monoisotopic (exact) mass is 271 g/mol. The molecule has 20 heavy (non-hydrogen) atoms. The highest BCUT2D eigenvalue weighted by Gasteiger charge is 2.23. The van der Waals surface area contributed by atoms with E-state index in [-0.39, 0.29) is 0 Å². The number of carbonyl (C=O) groups excluding carboxylic acids is 1. The highest BCUT2D eigenvalue weighted by atomic mass is 16.2. The molecule has 3 rings (SSSR count). The molecule has 6 heteroatoms. The van der Waals surface area contributed by atoms with E-state index in [0.29, 0.717) is 19.6 Å². The Morgan fingerprint density at radius 1 is 1.30 bits per heavy atom. The molecule has 0 radical (unpaired) electrons. The Kier molecular flexibility index (Phi) is 2.93. The molecule has 104 valence electrons. The Morgan fingerprint density at radius 2 is 2.10 bits per heavy atom. The van der Waals surface area contributed by atoms with E-state index >= 15 is 0 Å². The molecule has 0 bridgehead atoms. The summed E-state index contributed by atoms with van der Waals surface area (Å²) < 4.78 is 1.92. The van der Waals surface area contributed by atoms with Crippen molar-refractivity contribution in [3.63, 3.8) is 0 Å². The smallest absolute Gasteiger partial charge is 0.315 e.